The van der Waals surface area contributed by atoms with E-state index >= 15 is 0 Å². The van der Waals surface area contributed by atoms with Gasteiger partial charge in [-0.3, -0.25) is 9.59 Å². The van der Waals surface area contributed by atoms with Gasteiger partial charge >= 0.3 is 11.9 Å². The molecule has 8 heteroatoms. The number of carbonyl (C=O) groups excluding carboxylic acids is 4. The smallest absolute Gasteiger partial charge is 0.379 e. The molecule has 0 aliphatic heterocycles. The van der Waals surface area contributed by atoms with Crippen LogP contribution in [0.3, 0.4) is 0 Å². The van der Waals surface area contributed by atoms with Gasteiger partial charge in [-0.1, -0.05) is 117 Å². The summed E-state index contributed by atoms with van der Waals surface area (Å²) >= 11 is 0. The largest absolute Gasteiger partial charge is 0.460 e. The minimum atomic E-state index is -0.899. The van der Waals surface area contributed by atoms with Crippen LogP contribution in [0.25, 0.3) is 0 Å². The van der Waals surface area contributed by atoms with Crippen LogP contribution < -0.4 is 9.13 Å². The summed E-state index contributed by atoms with van der Waals surface area (Å²) in [7, 11) is 0. The topological polar surface area (TPSA) is 94.5 Å². The third-order valence-electron chi connectivity index (χ3n) is 9.16. The molecule has 0 saturated heterocycles. The number of aryl methyl sites for hydroxylation is 2. The van der Waals surface area contributed by atoms with Crippen molar-refractivity contribution in [2.45, 2.75) is 168 Å². The number of nitrogens with zero attached hydrogens (tertiary/aromatic N) is 2. The van der Waals surface area contributed by atoms with Gasteiger partial charge in [-0.15, -0.1) is 0 Å². The van der Waals surface area contributed by atoms with Crippen LogP contribution in [0.1, 0.15) is 176 Å². The molecule has 2 aromatic heterocycles. The monoisotopic (exact) mass is 694 g/mol. The van der Waals surface area contributed by atoms with Gasteiger partial charge in [0.15, 0.2) is 24.8 Å². The molecule has 0 bridgehead atoms. The molecular formula is C42H66N2O6+2. The number of ether oxygens (including phenoxy) is 2. The molecule has 278 valence electrons. The number of hydrogen-bond donors (Lipinski definition) is 0. The van der Waals surface area contributed by atoms with Crippen molar-refractivity contribution in [3.63, 3.8) is 0 Å². The van der Waals surface area contributed by atoms with Gasteiger partial charge in [0.2, 0.25) is 0 Å². The lowest BCUT2D eigenvalue weighted by molar-refractivity contribution is -0.697. The fourth-order valence-electron chi connectivity index (χ4n) is 6.06. The van der Waals surface area contributed by atoms with Crippen LogP contribution in [0.5, 0.6) is 0 Å². The Morgan fingerprint density at radius 2 is 0.780 bits per heavy atom. The molecule has 0 aliphatic rings. The van der Waals surface area contributed by atoms with Crippen molar-refractivity contribution in [2.24, 2.45) is 0 Å². The maximum atomic E-state index is 12.6. The molecule has 0 spiro atoms. The number of hydrogen-bond acceptors (Lipinski definition) is 6. The van der Waals surface area contributed by atoms with Crippen LogP contribution in [-0.4, -0.2) is 36.7 Å². The van der Waals surface area contributed by atoms with E-state index in [1.54, 1.807) is 36.7 Å². The average molecular weight is 695 g/mol. The van der Waals surface area contributed by atoms with E-state index in [1.165, 1.54) is 103 Å². The van der Waals surface area contributed by atoms with Gasteiger partial charge in [0, 0.05) is 25.0 Å². The summed E-state index contributed by atoms with van der Waals surface area (Å²) in [6.45, 7) is 6.14. The molecule has 50 heavy (non-hydrogen) atoms. The highest BCUT2D eigenvalue weighted by Crippen LogP contribution is 2.12. The summed E-state index contributed by atoms with van der Waals surface area (Å²) in [5, 5.41) is 0. The number of rotatable bonds is 31. The number of unbranched alkanes of at least 4 members (excludes halogenated alkanes) is 19. The zero-order valence-corrected chi connectivity index (χ0v) is 31.3. The average Bonchev–Trinajstić information content (AvgIpc) is 3.14. The predicted octanol–water partition coefficient (Wildman–Crippen LogP) is 9.04. The third kappa shape index (κ3) is 19.7. The molecule has 0 saturated carbocycles. The molecule has 0 fully saturated rings. The van der Waals surface area contributed by atoms with Crippen molar-refractivity contribution in [1.82, 2.24) is 0 Å². The second kappa shape index (κ2) is 28.3. The Kier molecular flexibility index (Phi) is 24.2. The van der Waals surface area contributed by atoms with E-state index in [-0.39, 0.29) is 13.2 Å². The second-order valence-corrected chi connectivity index (χ2v) is 13.7. The maximum Gasteiger partial charge on any atom is 0.379 e. The molecule has 0 N–H and O–H groups in total. The standard InChI is InChI=1S/C42H66N2O6/c1-3-5-7-9-11-13-15-17-19-21-29-43-31-25-27-37(35-43)39(45)41(47)49-33-23-24-34-50-42(48)40(46)38-28-26-32-44(36-38)30-22-20-18-16-14-12-10-8-6-4-2/h25-28,31-32,35-36H,3-24,29-30,33-34H2,1-2H3/q+2. The zero-order valence-electron chi connectivity index (χ0n) is 31.3. The second-order valence-electron chi connectivity index (χ2n) is 13.7. The predicted molar refractivity (Wildman–Crippen MR) is 197 cm³/mol. The van der Waals surface area contributed by atoms with E-state index in [4.69, 9.17) is 9.47 Å². The first-order valence-corrected chi connectivity index (χ1v) is 19.9. The zero-order chi connectivity index (χ0) is 36.1. The van der Waals surface area contributed by atoms with Crippen LogP contribution in [-0.2, 0) is 32.2 Å². The lowest BCUT2D eigenvalue weighted by Crippen LogP contribution is -2.34. The lowest BCUT2D eigenvalue weighted by atomic mass is 10.1. The van der Waals surface area contributed by atoms with Crippen LogP contribution in [0.15, 0.2) is 49.1 Å². The van der Waals surface area contributed by atoms with Gasteiger partial charge in [-0.2, -0.15) is 0 Å². The summed E-state index contributed by atoms with van der Waals surface area (Å²) in [5.74, 6) is -3.14. The van der Waals surface area contributed by atoms with E-state index < -0.39 is 23.5 Å². The molecule has 0 radical (unpaired) electrons. The third-order valence-corrected chi connectivity index (χ3v) is 9.16. The SMILES string of the molecule is CCCCCCCCCCCC[n+]1cccc(C(=O)C(=O)OCCCCOC(=O)C(=O)c2ccc[n+](CCCCCCCCCCCC)c2)c1. The Morgan fingerprint density at radius 3 is 1.12 bits per heavy atom. The highest BCUT2D eigenvalue weighted by molar-refractivity contribution is 6.41. The Bertz CT molecular complexity index is 1150. The Morgan fingerprint density at radius 1 is 0.460 bits per heavy atom. The highest BCUT2D eigenvalue weighted by Gasteiger charge is 2.22. The van der Waals surface area contributed by atoms with Gasteiger partial charge in [-0.05, 0) is 37.8 Å². The Balaban J connectivity index is 1.56. The van der Waals surface area contributed by atoms with E-state index in [0.717, 1.165) is 38.8 Å². The molecule has 2 aromatic rings. The first kappa shape index (κ1) is 42.7. The van der Waals surface area contributed by atoms with Crippen molar-refractivity contribution < 1.29 is 37.8 Å². The van der Waals surface area contributed by atoms with E-state index in [0.29, 0.717) is 24.0 Å². The maximum absolute atomic E-state index is 12.6. The Labute approximate surface area is 302 Å². The van der Waals surface area contributed by atoms with Crippen molar-refractivity contribution in [1.29, 1.82) is 0 Å². The van der Waals surface area contributed by atoms with Crippen LogP contribution >= 0.6 is 0 Å². The van der Waals surface area contributed by atoms with Gasteiger partial charge in [0.1, 0.15) is 13.1 Å². The Hall–Kier alpha value is -3.42. The van der Waals surface area contributed by atoms with Gasteiger partial charge < -0.3 is 9.47 Å². The first-order chi connectivity index (χ1) is 24.5. The lowest BCUT2D eigenvalue weighted by Gasteiger charge is -2.06. The van der Waals surface area contributed by atoms with Gasteiger partial charge in [0.05, 0.1) is 24.3 Å². The van der Waals surface area contributed by atoms with Crippen molar-refractivity contribution >= 4 is 23.5 Å². The molecular weight excluding hydrogens is 628 g/mol. The van der Waals surface area contributed by atoms with Crippen LogP contribution in [0.2, 0.25) is 0 Å². The molecule has 0 unspecified atom stereocenters. The minimum absolute atomic E-state index is 0.0269. The number of carbonyl (C=O) groups is 4. The highest BCUT2D eigenvalue weighted by atomic mass is 16.5. The fraction of sp³-hybridized carbons (Fsp3) is 0.667. The summed E-state index contributed by atoms with van der Waals surface area (Å²) in [4.78, 5) is 50.0. The number of esters is 2. The van der Waals surface area contributed by atoms with Gasteiger partial charge in [-0.25, -0.2) is 18.7 Å². The molecule has 8 nitrogen and oxygen atoms in total. The summed E-state index contributed by atoms with van der Waals surface area (Å²) < 4.78 is 14.2. The summed E-state index contributed by atoms with van der Waals surface area (Å²) in [6, 6.07) is 6.81. The van der Waals surface area contributed by atoms with Crippen molar-refractivity contribution in [3.8, 4) is 0 Å². The molecule has 0 amide bonds. The molecule has 0 aromatic carbocycles. The number of aromatic nitrogens is 2. The minimum Gasteiger partial charge on any atom is -0.460 e. The molecule has 0 aliphatic carbocycles. The summed E-state index contributed by atoms with van der Waals surface area (Å²) in [5.41, 5.74) is 0.616. The molecule has 2 heterocycles. The van der Waals surface area contributed by atoms with Gasteiger partial charge in [0.25, 0.3) is 11.6 Å². The number of Topliss-reactive ketones (excluding diaryl/α,β-unsaturated/α-hetero) is 2. The summed E-state index contributed by atoms with van der Waals surface area (Å²) in [6.07, 6.45) is 33.3. The van der Waals surface area contributed by atoms with Crippen molar-refractivity contribution in [2.75, 3.05) is 13.2 Å². The van der Waals surface area contributed by atoms with E-state index in [1.807, 2.05) is 21.5 Å². The molecule has 2 rings (SSSR count). The quantitative estimate of drug-likeness (QED) is 0.0257. The number of pyridine rings is 2. The van der Waals surface area contributed by atoms with E-state index in [9.17, 15) is 19.2 Å². The number of ketones is 2. The van der Waals surface area contributed by atoms with Crippen molar-refractivity contribution in [3.05, 3.63) is 60.2 Å². The first-order valence-electron chi connectivity index (χ1n) is 19.9. The van der Waals surface area contributed by atoms with E-state index in [2.05, 4.69) is 13.8 Å². The van der Waals surface area contributed by atoms with Crippen LogP contribution in [0.4, 0.5) is 0 Å². The molecule has 0 atom stereocenters. The fourth-order valence-corrected chi connectivity index (χ4v) is 6.06. The van der Waals surface area contributed by atoms with Crippen LogP contribution in [0, 0.1) is 0 Å². The normalized spacial score (nSPS) is 11.0.